The highest BCUT2D eigenvalue weighted by molar-refractivity contribution is 7.80. The minimum Gasteiger partial charge on any atom is -0.494 e. The number of nitrogens with zero attached hydrogens (tertiary/aromatic N) is 1. The number of aromatic nitrogens is 1. The lowest BCUT2D eigenvalue weighted by molar-refractivity contribution is 0.438. The summed E-state index contributed by atoms with van der Waals surface area (Å²) in [6.45, 7) is 0. The molecule has 2 nitrogen and oxygen atoms in total. The van der Waals surface area contributed by atoms with Gasteiger partial charge in [-0.2, -0.15) is 0 Å². The molecule has 0 radical (unpaired) electrons. The monoisotopic (exact) mass is 191 g/mol. The van der Waals surface area contributed by atoms with Crippen LogP contribution >= 0.6 is 12.6 Å². The van der Waals surface area contributed by atoms with E-state index in [-0.39, 0.29) is 5.88 Å². The second-order valence-electron chi connectivity index (χ2n) is 2.72. The van der Waals surface area contributed by atoms with Crippen LogP contribution < -0.4 is 0 Å². The van der Waals surface area contributed by atoms with E-state index in [1.807, 2.05) is 30.3 Å². The van der Waals surface area contributed by atoms with Crippen molar-refractivity contribution >= 4 is 12.6 Å². The third-order valence-corrected chi connectivity index (χ3v) is 2.20. The van der Waals surface area contributed by atoms with Crippen LogP contribution in [0.15, 0.2) is 47.5 Å². The van der Waals surface area contributed by atoms with Crippen molar-refractivity contribution in [3.8, 4) is 11.6 Å². The molecule has 0 amide bonds. The smallest absolute Gasteiger partial charge is 0.196 e. The van der Waals surface area contributed by atoms with Gasteiger partial charge in [0.05, 0.1) is 5.03 Å². The van der Waals surface area contributed by atoms with Crippen LogP contribution in [0.1, 0.15) is 0 Å². The SMILES string of the molecule is Oc1ccc(S)n1-c1ccccc1. The Morgan fingerprint density at radius 1 is 1.00 bits per heavy atom. The Labute approximate surface area is 81.9 Å². The second-order valence-corrected chi connectivity index (χ2v) is 3.18. The molecule has 1 aromatic carbocycles. The summed E-state index contributed by atoms with van der Waals surface area (Å²) in [5.41, 5.74) is 0.912. The molecule has 2 aromatic rings. The lowest BCUT2D eigenvalue weighted by Gasteiger charge is -2.05. The first-order valence-electron chi connectivity index (χ1n) is 3.94. The molecule has 0 fully saturated rings. The van der Waals surface area contributed by atoms with Gasteiger partial charge in [-0.1, -0.05) is 18.2 Å². The van der Waals surface area contributed by atoms with E-state index in [2.05, 4.69) is 12.6 Å². The third-order valence-electron chi connectivity index (χ3n) is 1.85. The standard InChI is InChI=1S/C10H9NOS/c12-9-6-7-10(13)11(9)8-4-2-1-3-5-8/h1-7,12-13H. The highest BCUT2D eigenvalue weighted by atomic mass is 32.1. The average Bonchev–Trinajstić information content (AvgIpc) is 2.48. The Morgan fingerprint density at radius 3 is 2.23 bits per heavy atom. The topological polar surface area (TPSA) is 25.2 Å². The number of hydrogen-bond donors (Lipinski definition) is 2. The summed E-state index contributed by atoms with van der Waals surface area (Å²) in [6.07, 6.45) is 0. The van der Waals surface area contributed by atoms with Crippen LogP contribution in [0.3, 0.4) is 0 Å². The summed E-state index contributed by atoms with van der Waals surface area (Å²) >= 11 is 4.23. The van der Waals surface area contributed by atoms with Crippen LogP contribution in [-0.2, 0) is 0 Å². The number of aromatic hydroxyl groups is 1. The van der Waals surface area contributed by atoms with Gasteiger partial charge in [-0.05, 0) is 18.2 Å². The molecule has 1 heterocycles. The summed E-state index contributed by atoms with van der Waals surface area (Å²) in [6, 6.07) is 13.0. The molecule has 0 aliphatic heterocycles. The fourth-order valence-electron chi connectivity index (χ4n) is 1.26. The molecule has 0 aliphatic rings. The maximum absolute atomic E-state index is 9.50. The fraction of sp³-hybridized carbons (Fsp3) is 0. The van der Waals surface area contributed by atoms with Crippen molar-refractivity contribution in [3.63, 3.8) is 0 Å². The maximum atomic E-state index is 9.50. The van der Waals surface area contributed by atoms with Gasteiger partial charge in [0.25, 0.3) is 0 Å². The van der Waals surface area contributed by atoms with Crippen molar-refractivity contribution < 1.29 is 5.11 Å². The number of rotatable bonds is 1. The first kappa shape index (κ1) is 8.26. The Morgan fingerprint density at radius 2 is 1.69 bits per heavy atom. The summed E-state index contributed by atoms with van der Waals surface area (Å²) in [4.78, 5) is 0. The molecule has 0 atom stereocenters. The molecular formula is C10H9NOS. The highest BCUT2D eigenvalue weighted by Gasteiger charge is 2.04. The normalized spacial score (nSPS) is 10.2. The van der Waals surface area contributed by atoms with Crippen molar-refractivity contribution in [1.29, 1.82) is 0 Å². The summed E-state index contributed by atoms with van der Waals surface area (Å²) in [5, 5.41) is 10.2. The van der Waals surface area contributed by atoms with Crippen molar-refractivity contribution in [2.75, 3.05) is 0 Å². The fourth-order valence-corrected chi connectivity index (χ4v) is 1.55. The first-order valence-corrected chi connectivity index (χ1v) is 4.39. The van der Waals surface area contributed by atoms with Crippen LogP contribution in [0.4, 0.5) is 0 Å². The summed E-state index contributed by atoms with van der Waals surface area (Å²) in [5.74, 6) is 0.205. The van der Waals surface area contributed by atoms with E-state index in [0.29, 0.717) is 0 Å². The molecule has 0 bridgehead atoms. The van der Waals surface area contributed by atoms with Gasteiger partial charge >= 0.3 is 0 Å². The van der Waals surface area contributed by atoms with E-state index in [1.54, 1.807) is 16.7 Å². The molecule has 3 heteroatoms. The van der Waals surface area contributed by atoms with Crippen molar-refractivity contribution in [3.05, 3.63) is 42.5 Å². The first-order chi connectivity index (χ1) is 6.29. The number of thiol groups is 1. The Balaban J connectivity index is 2.59. The number of para-hydroxylation sites is 1. The average molecular weight is 191 g/mol. The maximum Gasteiger partial charge on any atom is 0.196 e. The van der Waals surface area contributed by atoms with Crippen LogP contribution in [-0.4, -0.2) is 9.67 Å². The van der Waals surface area contributed by atoms with Gasteiger partial charge in [0.1, 0.15) is 0 Å². The highest BCUT2D eigenvalue weighted by Crippen LogP contribution is 2.23. The predicted molar refractivity (Wildman–Crippen MR) is 54.7 cm³/mol. The molecule has 0 spiro atoms. The predicted octanol–water partition coefficient (Wildman–Crippen LogP) is 2.47. The molecule has 0 saturated carbocycles. The van der Waals surface area contributed by atoms with Crippen LogP contribution in [0, 0.1) is 0 Å². The summed E-state index contributed by atoms with van der Waals surface area (Å²) < 4.78 is 1.67. The van der Waals surface area contributed by atoms with E-state index in [9.17, 15) is 5.11 Å². The molecule has 2 rings (SSSR count). The zero-order valence-electron chi connectivity index (χ0n) is 6.88. The van der Waals surface area contributed by atoms with Gasteiger partial charge in [0.15, 0.2) is 5.88 Å². The van der Waals surface area contributed by atoms with E-state index in [4.69, 9.17) is 0 Å². The van der Waals surface area contributed by atoms with Gasteiger partial charge in [-0.25, -0.2) is 0 Å². The third kappa shape index (κ3) is 1.42. The van der Waals surface area contributed by atoms with Crippen LogP contribution in [0.2, 0.25) is 0 Å². The lowest BCUT2D eigenvalue weighted by atomic mass is 10.3. The van der Waals surface area contributed by atoms with Gasteiger partial charge < -0.3 is 5.11 Å². The molecule has 1 N–H and O–H groups in total. The van der Waals surface area contributed by atoms with Gasteiger partial charge in [-0.15, -0.1) is 12.6 Å². The zero-order chi connectivity index (χ0) is 9.26. The van der Waals surface area contributed by atoms with Gasteiger partial charge in [0, 0.05) is 11.8 Å². The van der Waals surface area contributed by atoms with Gasteiger partial charge in [-0.3, -0.25) is 4.57 Å². The molecule has 0 aliphatic carbocycles. The Bertz CT molecular complexity index is 389. The summed E-state index contributed by atoms with van der Waals surface area (Å²) in [7, 11) is 0. The Kier molecular flexibility index (Phi) is 2.02. The zero-order valence-corrected chi connectivity index (χ0v) is 7.78. The van der Waals surface area contributed by atoms with Crippen molar-refractivity contribution in [1.82, 2.24) is 4.57 Å². The minimum atomic E-state index is 0.205. The molecular weight excluding hydrogens is 182 g/mol. The molecule has 1 aromatic heterocycles. The van der Waals surface area contributed by atoms with Crippen LogP contribution in [0.25, 0.3) is 5.69 Å². The largest absolute Gasteiger partial charge is 0.494 e. The van der Waals surface area contributed by atoms with Crippen molar-refractivity contribution in [2.45, 2.75) is 5.03 Å². The second kappa shape index (κ2) is 3.18. The van der Waals surface area contributed by atoms with E-state index in [1.165, 1.54) is 0 Å². The molecule has 0 unspecified atom stereocenters. The number of hydrogen-bond acceptors (Lipinski definition) is 2. The Hall–Kier alpha value is -1.35. The minimum absolute atomic E-state index is 0.205. The molecule has 66 valence electrons. The van der Waals surface area contributed by atoms with E-state index < -0.39 is 0 Å². The van der Waals surface area contributed by atoms with E-state index in [0.717, 1.165) is 10.7 Å². The number of benzene rings is 1. The molecule has 0 saturated heterocycles. The lowest BCUT2D eigenvalue weighted by Crippen LogP contribution is -1.92. The van der Waals surface area contributed by atoms with Crippen molar-refractivity contribution in [2.24, 2.45) is 0 Å². The molecule has 13 heavy (non-hydrogen) atoms. The van der Waals surface area contributed by atoms with E-state index >= 15 is 0 Å². The van der Waals surface area contributed by atoms with Crippen LogP contribution in [0.5, 0.6) is 5.88 Å². The quantitative estimate of drug-likeness (QED) is 0.665. The van der Waals surface area contributed by atoms with Gasteiger partial charge in [0.2, 0.25) is 0 Å².